The molecule has 0 aromatic heterocycles. The quantitative estimate of drug-likeness (QED) is 0.234. The third-order valence-corrected chi connectivity index (χ3v) is 7.84. The van der Waals surface area contributed by atoms with Crippen LogP contribution in [0.25, 0.3) is 6.08 Å². The lowest BCUT2D eigenvalue weighted by atomic mass is 9.69. The van der Waals surface area contributed by atoms with Crippen molar-refractivity contribution in [2.75, 3.05) is 11.5 Å². The van der Waals surface area contributed by atoms with Gasteiger partial charge in [-0.15, -0.1) is 0 Å². The van der Waals surface area contributed by atoms with Crippen LogP contribution in [0.15, 0.2) is 65.3 Å². The fraction of sp³-hybridized carbons (Fsp3) is 0.379. The maximum atomic E-state index is 13.6. The van der Waals surface area contributed by atoms with Crippen LogP contribution in [0, 0.1) is 27.9 Å². The van der Waals surface area contributed by atoms with E-state index < -0.39 is 16.8 Å². The summed E-state index contributed by atoms with van der Waals surface area (Å²) in [5, 5.41) is 20.7. The molecule has 0 unspecified atom stereocenters. The number of amides is 2. The second-order valence-corrected chi connectivity index (χ2v) is 10.1. The Morgan fingerprint density at radius 1 is 1.16 bits per heavy atom. The molecule has 5 rings (SSSR count). The van der Waals surface area contributed by atoms with Crippen molar-refractivity contribution >= 4 is 29.3 Å². The molecule has 2 aromatic rings. The lowest BCUT2D eigenvalue weighted by molar-refractivity contribution is -0.384. The molecular weight excluding hydrogens is 472 g/mol. The van der Waals surface area contributed by atoms with E-state index in [1.165, 1.54) is 34.9 Å². The normalized spacial score (nSPS) is 25.5. The van der Waals surface area contributed by atoms with E-state index in [0.717, 1.165) is 29.7 Å². The van der Waals surface area contributed by atoms with Gasteiger partial charge in [-0.1, -0.05) is 42.3 Å². The molecule has 0 bridgehead atoms. The first-order valence-corrected chi connectivity index (χ1v) is 12.7. The minimum absolute atomic E-state index is 0.0983. The highest BCUT2D eigenvalue weighted by Gasteiger charge is 2.57. The molecule has 2 aromatic carbocycles. The van der Waals surface area contributed by atoms with Crippen molar-refractivity contribution in [3.63, 3.8) is 0 Å². The molecule has 8 nitrogen and oxygen atoms in total. The Labute approximate surface area is 215 Å². The van der Waals surface area contributed by atoms with Gasteiger partial charge in [-0.05, 0) is 61.9 Å². The van der Waals surface area contributed by atoms with E-state index in [4.69, 9.17) is 4.74 Å². The van der Waals surface area contributed by atoms with Crippen LogP contribution in [0.4, 0.5) is 11.4 Å². The fourth-order valence-corrected chi connectivity index (χ4v) is 6.10. The van der Waals surface area contributed by atoms with Gasteiger partial charge in [0.1, 0.15) is 5.75 Å². The summed E-state index contributed by atoms with van der Waals surface area (Å²) in [5.74, 6) is -1.46. The number of anilines is 1. The number of rotatable bonds is 7. The molecule has 2 heterocycles. The van der Waals surface area contributed by atoms with Gasteiger partial charge in [0.15, 0.2) is 0 Å². The number of hydrogen-bond donors (Lipinski definition) is 1. The topological polar surface area (TPSA) is 110 Å². The number of fused-ring (bicyclic) bond motifs is 3. The molecule has 37 heavy (non-hydrogen) atoms. The number of aromatic hydroxyl groups is 1. The molecule has 2 aliphatic heterocycles. The Bertz CT molecular complexity index is 1310. The van der Waals surface area contributed by atoms with Gasteiger partial charge < -0.3 is 9.84 Å². The van der Waals surface area contributed by atoms with Crippen molar-refractivity contribution in [3.05, 3.63) is 80.9 Å². The predicted molar refractivity (Wildman–Crippen MR) is 139 cm³/mol. The minimum atomic E-state index is -0.524. The van der Waals surface area contributed by atoms with Crippen molar-refractivity contribution in [3.8, 4) is 5.75 Å². The molecule has 2 fully saturated rings. The van der Waals surface area contributed by atoms with Crippen LogP contribution in [0.1, 0.15) is 45.1 Å². The van der Waals surface area contributed by atoms with Crippen LogP contribution in [0.3, 0.4) is 0 Å². The molecular formula is C29H30N2O6. The Balaban J connectivity index is 1.36. The zero-order valence-corrected chi connectivity index (χ0v) is 20.9. The first kappa shape index (κ1) is 24.9. The van der Waals surface area contributed by atoms with E-state index >= 15 is 0 Å². The zero-order valence-electron chi connectivity index (χ0n) is 20.9. The Kier molecular flexibility index (Phi) is 6.69. The number of allylic oxidation sites excluding steroid dienone is 2. The first-order valence-electron chi connectivity index (χ1n) is 12.7. The molecule has 0 radical (unpaired) electrons. The summed E-state index contributed by atoms with van der Waals surface area (Å²) < 4.78 is 6.24. The largest absolute Gasteiger partial charge is 0.508 e. The average Bonchev–Trinajstić information content (AvgIpc) is 3.42. The number of ether oxygens (including phenoxy) is 1. The number of benzene rings is 2. The van der Waals surface area contributed by atoms with Crippen LogP contribution in [-0.2, 0) is 14.3 Å². The number of phenols is 1. The Morgan fingerprint density at radius 2 is 1.92 bits per heavy atom. The molecule has 0 spiro atoms. The van der Waals surface area contributed by atoms with Gasteiger partial charge in [-0.25, -0.2) is 4.90 Å². The van der Waals surface area contributed by atoms with Crippen LogP contribution < -0.4 is 4.90 Å². The van der Waals surface area contributed by atoms with Gasteiger partial charge in [-0.2, -0.15) is 0 Å². The number of nitrogens with zero attached hydrogens (tertiary/aromatic N) is 2. The standard InChI is InChI=1S/C29H30N2O6/c1-3-19-14-23-27(29(34)30(28(23)33)20-5-4-6-21(15-20)31(35)36)24-16-37-25(26(19)24)12-7-17(2)13-18-8-10-22(32)11-9-18/h4-6,8-11,13,15,23-25,27,32H,3,7,12,14,16H2,1-2H3/b17-13+/t23-,24+,25-,27-/m1/s1. The van der Waals surface area contributed by atoms with E-state index in [1.807, 2.05) is 12.1 Å². The molecule has 0 saturated carbocycles. The smallest absolute Gasteiger partial charge is 0.271 e. The summed E-state index contributed by atoms with van der Waals surface area (Å²) in [4.78, 5) is 38.9. The summed E-state index contributed by atoms with van der Waals surface area (Å²) in [5.41, 5.74) is 4.67. The van der Waals surface area contributed by atoms with Crippen molar-refractivity contribution in [2.45, 2.75) is 45.6 Å². The third-order valence-electron chi connectivity index (χ3n) is 7.84. The van der Waals surface area contributed by atoms with E-state index in [2.05, 4.69) is 19.9 Å². The van der Waals surface area contributed by atoms with Crippen LogP contribution in [-0.4, -0.2) is 34.6 Å². The fourth-order valence-electron chi connectivity index (χ4n) is 6.10. The summed E-state index contributed by atoms with van der Waals surface area (Å²) in [6.07, 6.45) is 4.90. The summed E-state index contributed by atoms with van der Waals surface area (Å²) in [7, 11) is 0. The van der Waals surface area contributed by atoms with Crippen molar-refractivity contribution in [1.29, 1.82) is 0 Å². The average molecular weight is 503 g/mol. The number of carbonyl (C=O) groups excluding carboxylic acids is 2. The number of nitro groups is 1. The summed E-state index contributed by atoms with van der Waals surface area (Å²) >= 11 is 0. The number of imide groups is 1. The number of carbonyl (C=O) groups is 2. The van der Waals surface area contributed by atoms with E-state index in [0.29, 0.717) is 13.0 Å². The third kappa shape index (κ3) is 4.57. The molecule has 2 saturated heterocycles. The highest BCUT2D eigenvalue weighted by atomic mass is 16.6. The molecule has 4 atom stereocenters. The number of non-ortho nitro benzene ring substituents is 1. The highest BCUT2D eigenvalue weighted by Crippen LogP contribution is 2.51. The lowest BCUT2D eigenvalue weighted by Gasteiger charge is -2.31. The van der Waals surface area contributed by atoms with E-state index in [9.17, 15) is 24.8 Å². The summed E-state index contributed by atoms with van der Waals surface area (Å²) in [6, 6.07) is 12.8. The molecule has 8 heteroatoms. The number of hydrogen-bond acceptors (Lipinski definition) is 6. The van der Waals surface area contributed by atoms with Crippen LogP contribution in [0.2, 0.25) is 0 Å². The maximum absolute atomic E-state index is 13.6. The van der Waals surface area contributed by atoms with E-state index in [-0.39, 0.29) is 41.0 Å². The lowest BCUT2D eigenvalue weighted by Crippen LogP contribution is -2.34. The molecule has 192 valence electrons. The highest BCUT2D eigenvalue weighted by molar-refractivity contribution is 6.22. The van der Waals surface area contributed by atoms with Crippen molar-refractivity contribution in [1.82, 2.24) is 0 Å². The van der Waals surface area contributed by atoms with Gasteiger partial charge in [0, 0.05) is 18.1 Å². The number of phenolic OH excluding ortho intramolecular Hbond substituents is 1. The molecule has 2 amide bonds. The molecule has 1 aliphatic carbocycles. The Hall–Kier alpha value is -3.78. The van der Waals surface area contributed by atoms with Gasteiger partial charge >= 0.3 is 0 Å². The van der Waals surface area contributed by atoms with Crippen LogP contribution >= 0.6 is 0 Å². The SMILES string of the molecule is CCC1=C2[C@@H](CC/C(C)=C/c3ccc(O)cc3)OC[C@@H]2[C@@H]2C(=O)N(c3cccc([N+](=O)[O-])c3)C(=O)[C@@H]2C1. The van der Waals surface area contributed by atoms with E-state index in [1.54, 1.807) is 18.2 Å². The minimum Gasteiger partial charge on any atom is -0.508 e. The van der Waals surface area contributed by atoms with Gasteiger partial charge in [-0.3, -0.25) is 19.7 Å². The zero-order chi connectivity index (χ0) is 26.3. The second kappa shape index (κ2) is 9.94. The second-order valence-electron chi connectivity index (χ2n) is 10.1. The monoisotopic (exact) mass is 502 g/mol. The van der Waals surface area contributed by atoms with Crippen molar-refractivity contribution in [2.24, 2.45) is 17.8 Å². The molecule has 3 aliphatic rings. The predicted octanol–water partition coefficient (Wildman–Crippen LogP) is 5.42. The first-order chi connectivity index (χ1) is 17.8. The van der Waals surface area contributed by atoms with Gasteiger partial charge in [0.25, 0.3) is 5.69 Å². The van der Waals surface area contributed by atoms with Crippen LogP contribution in [0.5, 0.6) is 5.75 Å². The molecule has 1 N–H and O–H groups in total. The summed E-state index contributed by atoms with van der Waals surface area (Å²) in [6.45, 7) is 4.54. The maximum Gasteiger partial charge on any atom is 0.271 e. The van der Waals surface area contributed by atoms with Crippen molar-refractivity contribution < 1.29 is 24.4 Å². The van der Waals surface area contributed by atoms with Gasteiger partial charge in [0.05, 0.1) is 35.2 Å². The number of nitro benzene ring substituents is 1. The Morgan fingerprint density at radius 3 is 2.62 bits per heavy atom. The van der Waals surface area contributed by atoms with Gasteiger partial charge in [0.2, 0.25) is 11.8 Å².